The first-order chi connectivity index (χ1) is 23.8. The molecule has 0 saturated heterocycles. The fourth-order valence-corrected chi connectivity index (χ4v) is 8.89. The van der Waals surface area contributed by atoms with Crippen molar-refractivity contribution in [3.8, 4) is 11.1 Å². The molecule has 0 radical (unpaired) electrons. The van der Waals surface area contributed by atoms with E-state index in [-0.39, 0.29) is 0 Å². The number of thiophene rings is 1. The fourth-order valence-electron chi connectivity index (χ4n) is 7.62. The van der Waals surface area contributed by atoms with Crippen LogP contribution in [0.3, 0.4) is 0 Å². The lowest BCUT2D eigenvalue weighted by Crippen LogP contribution is -2.10. The minimum atomic E-state index is 1.13. The monoisotopic (exact) mass is 627 g/mol. The SMILES string of the molecule is c1ccc(N(c2ccc(-c3cccc4c3ccc3c5ccccc5ccc43)cc2)c2cccc3ccc4c5ccccc5sc4c23)cc1. The highest BCUT2D eigenvalue weighted by Gasteiger charge is 2.19. The normalized spacial score (nSPS) is 11.8. The van der Waals surface area contributed by atoms with E-state index in [9.17, 15) is 0 Å². The van der Waals surface area contributed by atoms with Crippen LogP contribution in [0, 0.1) is 0 Å². The van der Waals surface area contributed by atoms with Crippen molar-refractivity contribution in [3.63, 3.8) is 0 Å². The summed E-state index contributed by atoms with van der Waals surface area (Å²) in [6, 6.07) is 64.4. The number of anilines is 3. The van der Waals surface area contributed by atoms with Crippen molar-refractivity contribution in [1.29, 1.82) is 0 Å². The molecule has 1 nitrogen and oxygen atoms in total. The van der Waals surface area contributed by atoms with Crippen LogP contribution in [0.2, 0.25) is 0 Å². The molecule has 0 saturated carbocycles. The summed E-state index contributed by atoms with van der Waals surface area (Å²) in [5, 5.41) is 12.9. The van der Waals surface area contributed by atoms with Gasteiger partial charge < -0.3 is 4.90 Å². The zero-order valence-electron chi connectivity index (χ0n) is 26.1. The average Bonchev–Trinajstić information content (AvgIpc) is 3.54. The molecule has 0 spiro atoms. The minimum absolute atomic E-state index is 1.13. The van der Waals surface area contributed by atoms with Crippen LogP contribution >= 0.6 is 11.3 Å². The van der Waals surface area contributed by atoms with E-state index in [1.54, 1.807) is 0 Å². The van der Waals surface area contributed by atoms with E-state index >= 15 is 0 Å². The first kappa shape index (κ1) is 27.2. The van der Waals surface area contributed by atoms with E-state index in [2.05, 4.69) is 181 Å². The Balaban J connectivity index is 1.14. The van der Waals surface area contributed by atoms with E-state index in [1.807, 2.05) is 11.3 Å². The Kier molecular flexibility index (Phi) is 6.12. The molecule has 1 aromatic heterocycles. The van der Waals surface area contributed by atoms with Gasteiger partial charge >= 0.3 is 0 Å². The maximum absolute atomic E-state index is 2.41. The molecule has 0 aliphatic heterocycles. The summed E-state index contributed by atoms with van der Waals surface area (Å²) >= 11 is 1.89. The number of rotatable bonds is 4. The molecular weight excluding hydrogens is 599 g/mol. The van der Waals surface area contributed by atoms with Gasteiger partial charge in [-0.05, 0) is 85.2 Å². The zero-order valence-corrected chi connectivity index (χ0v) is 26.9. The van der Waals surface area contributed by atoms with Crippen LogP contribution in [0.1, 0.15) is 0 Å². The molecule has 224 valence electrons. The molecular formula is C46H29NS. The fraction of sp³-hybridized carbons (Fsp3) is 0. The van der Waals surface area contributed by atoms with Crippen molar-refractivity contribution in [2.24, 2.45) is 0 Å². The number of para-hydroxylation sites is 1. The number of hydrogen-bond donors (Lipinski definition) is 0. The summed E-state index contributed by atoms with van der Waals surface area (Å²) in [4.78, 5) is 2.41. The van der Waals surface area contributed by atoms with Gasteiger partial charge in [0, 0.05) is 36.9 Å². The van der Waals surface area contributed by atoms with E-state index in [0.29, 0.717) is 0 Å². The van der Waals surface area contributed by atoms with Crippen LogP contribution in [0.4, 0.5) is 17.1 Å². The van der Waals surface area contributed by atoms with Gasteiger partial charge in [0.25, 0.3) is 0 Å². The summed E-state index contributed by atoms with van der Waals surface area (Å²) in [7, 11) is 0. The maximum Gasteiger partial charge on any atom is 0.0554 e. The highest BCUT2D eigenvalue weighted by atomic mass is 32.1. The Morgan fingerprint density at radius 3 is 1.85 bits per heavy atom. The smallest absolute Gasteiger partial charge is 0.0554 e. The predicted molar refractivity (Wildman–Crippen MR) is 209 cm³/mol. The van der Waals surface area contributed by atoms with Gasteiger partial charge in [0.05, 0.1) is 5.69 Å². The summed E-state index contributed by atoms with van der Waals surface area (Å²) in [5.74, 6) is 0. The third-order valence-electron chi connectivity index (χ3n) is 9.84. The highest BCUT2D eigenvalue weighted by Crippen LogP contribution is 2.46. The molecule has 48 heavy (non-hydrogen) atoms. The second kappa shape index (κ2) is 10.8. The van der Waals surface area contributed by atoms with Crippen molar-refractivity contribution >= 4 is 91.7 Å². The third-order valence-corrected chi connectivity index (χ3v) is 11.0. The Hall–Kier alpha value is -5.96. The molecule has 0 aliphatic rings. The highest BCUT2D eigenvalue weighted by molar-refractivity contribution is 7.26. The Morgan fingerprint density at radius 2 is 0.958 bits per heavy atom. The summed E-state index contributed by atoms with van der Waals surface area (Å²) in [6.07, 6.45) is 0. The molecule has 0 aliphatic carbocycles. The molecule has 9 aromatic carbocycles. The molecule has 10 aromatic rings. The molecule has 0 atom stereocenters. The molecule has 10 rings (SSSR count). The van der Waals surface area contributed by atoms with Gasteiger partial charge in [0.15, 0.2) is 0 Å². The second-order valence-electron chi connectivity index (χ2n) is 12.5. The van der Waals surface area contributed by atoms with Crippen LogP contribution in [0.15, 0.2) is 176 Å². The Morgan fingerprint density at radius 1 is 0.354 bits per heavy atom. The van der Waals surface area contributed by atoms with Crippen molar-refractivity contribution in [2.75, 3.05) is 4.90 Å². The first-order valence-corrected chi connectivity index (χ1v) is 17.3. The Bertz CT molecular complexity index is 2830. The lowest BCUT2D eigenvalue weighted by molar-refractivity contribution is 1.30. The largest absolute Gasteiger partial charge is 0.310 e. The van der Waals surface area contributed by atoms with E-state index < -0.39 is 0 Å². The van der Waals surface area contributed by atoms with Crippen LogP contribution in [0.5, 0.6) is 0 Å². The van der Waals surface area contributed by atoms with E-state index in [1.165, 1.54) is 80.1 Å². The standard InChI is InChI=1S/C46H29NS/c1-2-12-33(13-3-1)47(43-18-8-11-32-23-27-42-41-15-6-7-19-44(41)48-46(42)45(32)43)34-24-20-31(21-25-34)36-16-9-17-37-38(36)28-29-39-35-14-5-4-10-30(35)22-26-40(37)39/h1-29H. The van der Waals surface area contributed by atoms with E-state index in [0.717, 1.165) is 11.4 Å². The lowest BCUT2D eigenvalue weighted by atomic mass is 9.92. The number of nitrogens with zero attached hydrogens (tertiary/aromatic N) is 1. The number of benzene rings is 9. The van der Waals surface area contributed by atoms with Crippen LogP contribution in [-0.4, -0.2) is 0 Å². The second-order valence-corrected chi connectivity index (χ2v) is 13.5. The van der Waals surface area contributed by atoms with Gasteiger partial charge in [-0.2, -0.15) is 0 Å². The average molecular weight is 628 g/mol. The molecule has 0 bridgehead atoms. The van der Waals surface area contributed by atoms with Crippen molar-refractivity contribution in [2.45, 2.75) is 0 Å². The number of fused-ring (bicyclic) bond motifs is 10. The minimum Gasteiger partial charge on any atom is -0.310 e. The summed E-state index contributed by atoms with van der Waals surface area (Å²) < 4.78 is 2.65. The van der Waals surface area contributed by atoms with Gasteiger partial charge in [-0.3, -0.25) is 0 Å². The molecule has 2 heteroatoms. The zero-order chi connectivity index (χ0) is 31.6. The molecule has 0 fully saturated rings. The van der Waals surface area contributed by atoms with Gasteiger partial charge in [-0.15, -0.1) is 11.3 Å². The lowest BCUT2D eigenvalue weighted by Gasteiger charge is -2.27. The van der Waals surface area contributed by atoms with Gasteiger partial charge in [0.1, 0.15) is 0 Å². The van der Waals surface area contributed by atoms with E-state index in [4.69, 9.17) is 0 Å². The topological polar surface area (TPSA) is 3.24 Å². The summed E-state index contributed by atoms with van der Waals surface area (Å²) in [6.45, 7) is 0. The van der Waals surface area contributed by atoms with Crippen molar-refractivity contribution < 1.29 is 0 Å². The van der Waals surface area contributed by atoms with Crippen molar-refractivity contribution in [1.82, 2.24) is 0 Å². The van der Waals surface area contributed by atoms with Gasteiger partial charge in [-0.1, -0.05) is 140 Å². The quantitative estimate of drug-likeness (QED) is 0.176. The molecule has 0 unspecified atom stereocenters. The Labute approximate surface area is 282 Å². The van der Waals surface area contributed by atoms with Gasteiger partial charge in [0.2, 0.25) is 0 Å². The summed E-state index contributed by atoms with van der Waals surface area (Å²) in [5.41, 5.74) is 5.92. The van der Waals surface area contributed by atoms with Crippen molar-refractivity contribution in [3.05, 3.63) is 176 Å². The first-order valence-electron chi connectivity index (χ1n) is 16.4. The molecule has 0 N–H and O–H groups in total. The van der Waals surface area contributed by atoms with Crippen LogP contribution in [0.25, 0.3) is 74.4 Å². The predicted octanol–water partition coefficient (Wildman–Crippen LogP) is 13.8. The molecule has 1 heterocycles. The maximum atomic E-state index is 2.41. The van der Waals surface area contributed by atoms with Crippen LogP contribution < -0.4 is 4.90 Å². The number of hydrogen-bond acceptors (Lipinski definition) is 2. The molecule has 0 amide bonds. The third kappa shape index (κ3) is 4.17. The van der Waals surface area contributed by atoms with Gasteiger partial charge in [-0.25, -0.2) is 0 Å². The van der Waals surface area contributed by atoms with Crippen LogP contribution in [-0.2, 0) is 0 Å².